The summed E-state index contributed by atoms with van der Waals surface area (Å²) >= 11 is 6.31. The van der Waals surface area contributed by atoms with Gasteiger partial charge in [0, 0.05) is 39.8 Å². The van der Waals surface area contributed by atoms with Gasteiger partial charge >= 0.3 is 0 Å². The normalized spacial score (nSPS) is 11.2. The molecule has 0 bridgehead atoms. The van der Waals surface area contributed by atoms with Gasteiger partial charge in [0.15, 0.2) is 11.5 Å². The minimum absolute atomic E-state index is 0.00524. The summed E-state index contributed by atoms with van der Waals surface area (Å²) in [5.41, 5.74) is 4.50. The first-order valence-corrected chi connectivity index (χ1v) is 13.1. The van der Waals surface area contributed by atoms with Crippen LogP contribution in [0.5, 0.6) is 11.5 Å². The van der Waals surface area contributed by atoms with Gasteiger partial charge in [-0.1, -0.05) is 54.1 Å². The van der Waals surface area contributed by atoms with Crippen LogP contribution in [0, 0.1) is 11.3 Å². The molecule has 0 saturated heterocycles. The van der Waals surface area contributed by atoms with E-state index in [9.17, 15) is 10.1 Å². The maximum absolute atomic E-state index is 12.9. The highest BCUT2D eigenvalue weighted by atomic mass is 35.5. The number of ether oxygens (including phenoxy) is 2. The highest BCUT2D eigenvalue weighted by Crippen LogP contribution is 2.35. The Kier molecular flexibility index (Phi) is 9.44. The molecule has 1 heterocycles. The number of halogens is 1. The smallest absolute Gasteiger partial charge is 0.261 e. The molecule has 4 rings (SSSR count). The number of hydrogen-bond acceptors (Lipinski definition) is 4. The van der Waals surface area contributed by atoms with E-state index in [1.165, 1.54) is 0 Å². The number of nitrogens with zero attached hydrogens (tertiary/aromatic N) is 1. The van der Waals surface area contributed by atoms with E-state index in [2.05, 4.69) is 16.9 Å². The van der Waals surface area contributed by atoms with Crippen molar-refractivity contribution in [3.63, 3.8) is 0 Å². The predicted molar refractivity (Wildman–Crippen MR) is 156 cm³/mol. The van der Waals surface area contributed by atoms with Crippen LogP contribution in [0.15, 0.2) is 85.1 Å². The summed E-state index contributed by atoms with van der Waals surface area (Å²) < 4.78 is 12.1. The average molecular weight is 540 g/mol. The Morgan fingerprint density at radius 1 is 1.10 bits per heavy atom. The third-order valence-electron chi connectivity index (χ3n) is 6.18. The van der Waals surface area contributed by atoms with Crippen LogP contribution in [0.4, 0.5) is 0 Å². The van der Waals surface area contributed by atoms with E-state index in [0.29, 0.717) is 48.1 Å². The van der Waals surface area contributed by atoms with Crippen molar-refractivity contribution in [2.45, 2.75) is 26.4 Å². The molecule has 0 aliphatic rings. The molecule has 0 radical (unpaired) electrons. The molecule has 0 aliphatic heterocycles. The predicted octanol–water partition coefficient (Wildman–Crippen LogP) is 6.79. The van der Waals surface area contributed by atoms with Crippen LogP contribution in [-0.4, -0.2) is 24.0 Å². The second kappa shape index (κ2) is 13.4. The summed E-state index contributed by atoms with van der Waals surface area (Å²) in [5.74, 6) is 0.669. The van der Waals surface area contributed by atoms with Gasteiger partial charge in [-0.3, -0.25) is 4.79 Å². The molecule has 0 fully saturated rings. The fourth-order valence-corrected chi connectivity index (χ4v) is 4.52. The van der Waals surface area contributed by atoms with Crippen LogP contribution in [0.3, 0.4) is 0 Å². The Balaban J connectivity index is 1.52. The lowest BCUT2D eigenvalue weighted by atomic mass is 10.0. The number of aromatic nitrogens is 1. The van der Waals surface area contributed by atoms with Gasteiger partial charge < -0.3 is 19.8 Å². The number of amides is 1. The number of nitriles is 1. The maximum Gasteiger partial charge on any atom is 0.261 e. The van der Waals surface area contributed by atoms with Crippen molar-refractivity contribution in [3.8, 4) is 17.6 Å². The van der Waals surface area contributed by atoms with Gasteiger partial charge in [-0.15, -0.1) is 6.58 Å². The molecule has 3 aromatic carbocycles. The first kappa shape index (κ1) is 27.6. The summed E-state index contributed by atoms with van der Waals surface area (Å²) in [4.78, 5) is 16.1. The third-order valence-corrected chi connectivity index (χ3v) is 6.55. The first-order valence-electron chi connectivity index (χ1n) is 12.8. The number of para-hydroxylation sites is 1. The van der Waals surface area contributed by atoms with E-state index in [-0.39, 0.29) is 12.2 Å². The SMILES string of the molecule is C=CCc1cc(/C=C(\C#N)C(=O)NCCc2c[nH]c3ccccc23)cc(OCC)c1OCc1ccccc1Cl. The molecule has 0 spiro atoms. The zero-order valence-corrected chi connectivity index (χ0v) is 22.6. The number of allylic oxidation sites excluding steroid dienone is 1. The van der Waals surface area contributed by atoms with Crippen LogP contribution in [0.1, 0.15) is 29.2 Å². The average Bonchev–Trinajstić information content (AvgIpc) is 3.35. The summed E-state index contributed by atoms with van der Waals surface area (Å²) in [6.45, 7) is 6.83. The number of aromatic amines is 1. The van der Waals surface area contributed by atoms with Crippen LogP contribution in [0.2, 0.25) is 5.02 Å². The Bertz CT molecular complexity index is 1550. The zero-order chi connectivity index (χ0) is 27.6. The topological polar surface area (TPSA) is 87.1 Å². The molecule has 7 heteroatoms. The Morgan fingerprint density at radius 2 is 1.90 bits per heavy atom. The molecule has 198 valence electrons. The largest absolute Gasteiger partial charge is 0.490 e. The summed E-state index contributed by atoms with van der Waals surface area (Å²) in [6, 6.07) is 21.2. The highest BCUT2D eigenvalue weighted by molar-refractivity contribution is 6.31. The summed E-state index contributed by atoms with van der Waals surface area (Å²) in [6.07, 6.45) is 6.43. The Morgan fingerprint density at radius 3 is 2.67 bits per heavy atom. The summed E-state index contributed by atoms with van der Waals surface area (Å²) in [7, 11) is 0. The van der Waals surface area contributed by atoms with E-state index in [1.54, 1.807) is 18.2 Å². The molecule has 6 nitrogen and oxygen atoms in total. The van der Waals surface area contributed by atoms with Gasteiger partial charge in [0.2, 0.25) is 0 Å². The van der Waals surface area contributed by atoms with Crippen molar-refractivity contribution >= 4 is 34.5 Å². The van der Waals surface area contributed by atoms with Gasteiger partial charge in [-0.25, -0.2) is 0 Å². The lowest BCUT2D eigenvalue weighted by Crippen LogP contribution is -2.26. The molecule has 1 aromatic heterocycles. The van der Waals surface area contributed by atoms with E-state index in [4.69, 9.17) is 21.1 Å². The number of carbonyl (C=O) groups excluding carboxylic acids is 1. The molecule has 4 aromatic rings. The lowest BCUT2D eigenvalue weighted by Gasteiger charge is -2.17. The number of H-pyrrole nitrogens is 1. The second-order valence-corrected chi connectivity index (χ2v) is 9.26. The number of benzene rings is 3. The van der Waals surface area contributed by atoms with Gasteiger partial charge in [-0.05, 0) is 61.2 Å². The van der Waals surface area contributed by atoms with Crippen LogP contribution in [0.25, 0.3) is 17.0 Å². The Hall–Kier alpha value is -4.47. The fraction of sp³-hybridized carbons (Fsp3) is 0.188. The van der Waals surface area contributed by atoms with Crippen molar-refractivity contribution in [2.75, 3.05) is 13.2 Å². The van der Waals surface area contributed by atoms with Crippen molar-refractivity contribution in [1.29, 1.82) is 5.26 Å². The zero-order valence-electron chi connectivity index (χ0n) is 21.8. The van der Waals surface area contributed by atoms with E-state index in [0.717, 1.165) is 27.6 Å². The molecule has 0 aliphatic carbocycles. The molecule has 0 saturated carbocycles. The van der Waals surface area contributed by atoms with E-state index < -0.39 is 5.91 Å². The van der Waals surface area contributed by atoms with Crippen molar-refractivity contribution in [1.82, 2.24) is 10.3 Å². The van der Waals surface area contributed by atoms with Crippen LogP contribution >= 0.6 is 11.6 Å². The molecule has 0 unspecified atom stereocenters. The van der Waals surface area contributed by atoms with Crippen molar-refractivity contribution in [2.24, 2.45) is 0 Å². The molecule has 1 amide bonds. The van der Waals surface area contributed by atoms with Gasteiger partial charge in [0.1, 0.15) is 18.2 Å². The summed E-state index contributed by atoms with van der Waals surface area (Å²) in [5, 5.41) is 14.4. The van der Waals surface area contributed by atoms with Crippen molar-refractivity contribution < 1.29 is 14.3 Å². The lowest BCUT2D eigenvalue weighted by molar-refractivity contribution is -0.117. The Labute approximate surface area is 233 Å². The van der Waals surface area contributed by atoms with Crippen LogP contribution < -0.4 is 14.8 Å². The molecule has 39 heavy (non-hydrogen) atoms. The third kappa shape index (κ3) is 6.90. The number of fused-ring (bicyclic) bond motifs is 1. The molecule has 0 atom stereocenters. The highest BCUT2D eigenvalue weighted by Gasteiger charge is 2.16. The molecular formula is C32H30ClN3O3. The number of hydrogen-bond donors (Lipinski definition) is 2. The fourth-order valence-electron chi connectivity index (χ4n) is 4.33. The quantitative estimate of drug-likeness (QED) is 0.118. The number of nitrogens with one attached hydrogen (secondary N) is 2. The minimum Gasteiger partial charge on any atom is -0.490 e. The number of carbonyl (C=O) groups is 1. The monoisotopic (exact) mass is 539 g/mol. The number of rotatable bonds is 12. The van der Waals surface area contributed by atoms with E-state index in [1.807, 2.05) is 73.8 Å². The van der Waals surface area contributed by atoms with Crippen molar-refractivity contribution in [3.05, 3.63) is 112 Å². The minimum atomic E-state index is -0.431. The maximum atomic E-state index is 12.9. The van der Waals surface area contributed by atoms with Gasteiger partial charge in [-0.2, -0.15) is 5.26 Å². The molecular weight excluding hydrogens is 510 g/mol. The van der Waals surface area contributed by atoms with Gasteiger partial charge in [0.25, 0.3) is 5.91 Å². The second-order valence-electron chi connectivity index (χ2n) is 8.85. The first-order chi connectivity index (χ1) is 19.0. The van der Waals surface area contributed by atoms with Crippen LogP contribution in [-0.2, 0) is 24.2 Å². The van der Waals surface area contributed by atoms with E-state index >= 15 is 0 Å². The van der Waals surface area contributed by atoms with Gasteiger partial charge in [0.05, 0.1) is 6.61 Å². The standard InChI is InChI=1S/C32H30ClN3O3/c1-3-9-23-16-22(18-30(38-4-2)31(23)39-21-25-10-5-7-12-28(25)33)17-26(19-34)32(37)35-15-14-24-20-36-29-13-8-6-11-27(24)29/h3,5-8,10-13,16-18,20,36H,1,4,9,14-15,21H2,2H3,(H,35,37)/b26-17+. The molecule has 2 N–H and O–H groups in total.